The van der Waals surface area contributed by atoms with Crippen molar-refractivity contribution in [2.75, 3.05) is 35.0 Å². The number of rotatable bonds is 17. The number of ether oxygens (including phenoxy) is 8. The lowest BCUT2D eigenvalue weighted by Gasteiger charge is -2.45. The van der Waals surface area contributed by atoms with Crippen molar-refractivity contribution in [1.29, 1.82) is 0 Å². The molecule has 2 fully saturated rings. The van der Waals surface area contributed by atoms with Crippen LogP contribution in [0.5, 0.6) is 0 Å². The molecule has 4 unspecified atom stereocenters. The van der Waals surface area contributed by atoms with E-state index in [9.17, 15) is 20.1 Å². The summed E-state index contributed by atoms with van der Waals surface area (Å²) in [6, 6.07) is 19.2. The van der Waals surface area contributed by atoms with Gasteiger partial charge >= 0.3 is 5.97 Å². The highest BCUT2D eigenvalue weighted by molar-refractivity contribution is 5.67. The Balaban J connectivity index is 1.64. The second kappa shape index (κ2) is 15.5. The average molecular weight is 607 g/mol. The first kappa shape index (κ1) is 33.4. The highest BCUT2D eigenvalue weighted by Crippen LogP contribution is 2.52. The monoisotopic (exact) mass is 606 g/mol. The van der Waals surface area contributed by atoms with Gasteiger partial charge in [0.1, 0.15) is 30.5 Å². The number of benzene rings is 2. The summed E-state index contributed by atoms with van der Waals surface area (Å²) in [6.07, 6.45) is -8.14. The number of carboxylic acids is 1. The number of hydrogen-bond donors (Lipinski definition) is 3. The standard InChI is InChI=1S/C31H42O12/c1-36-18-22-26(43-29-24(31(29,35)39-4)25(37-2)21(32)15-23(33)34)27(40-16-19-11-7-5-8-12-19)28(30(38-3)42-22)41-17-20-13-9-6-10-14-20/h5-14,21-22,24-30,32,35H,15-18H2,1-4H3,(H,33,34)/t21-,22+,24+,25?,26-,27?,28?,29-,30+,31?/m1/s1. The number of methoxy groups -OCH3 is 4. The Morgan fingerprint density at radius 1 is 0.907 bits per heavy atom. The third-order valence-corrected chi connectivity index (χ3v) is 7.85. The van der Waals surface area contributed by atoms with Gasteiger partial charge in [0.2, 0.25) is 5.79 Å². The third-order valence-electron chi connectivity index (χ3n) is 7.85. The molecule has 0 radical (unpaired) electrons. The molecule has 0 aromatic heterocycles. The van der Waals surface area contributed by atoms with Crippen molar-refractivity contribution >= 4 is 5.97 Å². The second-order valence-electron chi connectivity index (χ2n) is 10.6. The van der Waals surface area contributed by atoms with E-state index < -0.39 is 73.1 Å². The molecule has 43 heavy (non-hydrogen) atoms. The quantitative estimate of drug-likeness (QED) is 0.225. The van der Waals surface area contributed by atoms with Gasteiger partial charge in [0.25, 0.3) is 0 Å². The Hall–Kier alpha value is -2.49. The van der Waals surface area contributed by atoms with Crippen molar-refractivity contribution in [2.45, 2.75) is 74.4 Å². The van der Waals surface area contributed by atoms with E-state index in [1.54, 1.807) is 0 Å². The van der Waals surface area contributed by atoms with E-state index in [1.165, 1.54) is 28.4 Å². The van der Waals surface area contributed by atoms with Crippen LogP contribution in [0.4, 0.5) is 0 Å². The molecule has 0 spiro atoms. The zero-order chi connectivity index (χ0) is 31.0. The molecule has 10 atom stereocenters. The van der Waals surface area contributed by atoms with E-state index in [0.29, 0.717) is 0 Å². The number of aliphatic carboxylic acids is 1. The highest BCUT2D eigenvalue weighted by Gasteiger charge is 2.72. The van der Waals surface area contributed by atoms with Gasteiger partial charge in [-0.15, -0.1) is 0 Å². The number of aliphatic hydroxyl groups excluding tert-OH is 1. The first-order chi connectivity index (χ1) is 20.8. The average Bonchev–Trinajstić information content (AvgIpc) is 3.59. The van der Waals surface area contributed by atoms with Crippen LogP contribution in [0, 0.1) is 5.92 Å². The summed E-state index contributed by atoms with van der Waals surface area (Å²) in [7, 11) is 5.65. The summed E-state index contributed by atoms with van der Waals surface area (Å²) in [5, 5.41) is 31.2. The Morgan fingerprint density at radius 2 is 1.49 bits per heavy atom. The zero-order valence-electron chi connectivity index (χ0n) is 24.8. The van der Waals surface area contributed by atoms with Crippen LogP contribution in [0.3, 0.4) is 0 Å². The summed E-state index contributed by atoms with van der Waals surface area (Å²) in [6.45, 7) is 0.551. The maximum Gasteiger partial charge on any atom is 0.306 e. The molecule has 0 amide bonds. The van der Waals surface area contributed by atoms with Crippen molar-refractivity contribution in [3.63, 3.8) is 0 Å². The van der Waals surface area contributed by atoms with Gasteiger partial charge in [-0.1, -0.05) is 60.7 Å². The molecule has 238 valence electrons. The maximum atomic E-state index is 11.3. The minimum Gasteiger partial charge on any atom is -0.481 e. The minimum atomic E-state index is -1.87. The summed E-state index contributed by atoms with van der Waals surface area (Å²) in [5.41, 5.74) is 1.85. The topological polar surface area (TPSA) is 152 Å². The van der Waals surface area contributed by atoms with Crippen molar-refractivity contribution in [2.24, 2.45) is 5.92 Å². The van der Waals surface area contributed by atoms with Gasteiger partial charge in [0.05, 0.1) is 44.4 Å². The maximum absolute atomic E-state index is 11.3. The fourth-order valence-corrected chi connectivity index (χ4v) is 5.63. The van der Waals surface area contributed by atoms with Crippen LogP contribution < -0.4 is 0 Å². The van der Waals surface area contributed by atoms with Crippen molar-refractivity contribution in [1.82, 2.24) is 0 Å². The molecule has 3 N–H and O–H groups in total. The van der Waals surface area contributed by atoms with Gasteiger partial charge in [-0.2, -0.15) is 0 Å². The molecule has 1 saturated carbocycles. The van der Waals surface area contributed by atoms with Gasteiger partial charge in [-0.3, -0.25) is 4.79 Å². The van der Waals surface area contributed by atoms with E-state index >= 15 is 0 Å². The number of carbonyl (C=O) groups is 1. The van der Waals surface area contributed by atoms with Crippen LogP contribution in [0.2, 0.25) is 0 Å². The van der Waals surface area contributed by atoms with Gasteiger partial charge in [0.15, 0.2) is 6.29 Å². The SMILES string of the molecule is COC[C@@H]1O[C@H](OC)C(OCc2ccccc2)C(OCc2ccccc2)[C@@H]1O[C@@H]1[C@H](C(OC)[C@H](O)CC(=O)O)C1(O)OC. The number of carboxylic acid groups (broad SMARTS) is 1. The van der Waals surface area contributed by atoms with E-state index in [0.717, 1.165) is 11.1 Å². The summed E-state index contributed by atoms with van der Waals surface area (Å²) in [4.78, 5) is 11.3. The number of hydrogen-bond acceptors (Lipinski definition) is 11. The normalized spacial score (nSPS) is 31.8. The van der Waals surface area contributed by atoms with Crippen LogP contribution in [-0.4, -0.2) is 111 Å². The lowest BCUT2D eigenvalue weighted by Crippen LogP contribution is -2.62. The molecule has 2 aromatic carbocycles. The van der Waals surface area contributed by atoms with Gasteiger partial charge in [-0.05, 0) is 11.1 Å². The molecule has 0 bridgehead atoms. The molecule has 12 heteroatoms. The van der Waals surface area contributed by atoms with E-state index in [4.69, 9.17) is 37.9 Å². The Bertz CT molecular complexity index is 1120. The minimum absolute atomic E-state index is 0.0965. The summed E-state index contributed by atoms with van der Waals surface area (Å²) < 4.78 is 47.7. The Labute approximate surface area is 251 Å². The molecule has 1 heterocycles. The molecular formula is C31H42O12. The van der Waals surface area contributed by atoms with Gasteiger partial charge in [-0.25, -0.2) is 0 Å². The van der Waals surface area contributed by atoms with Crippen LogP contribution in [-0.2, 0) is 55.9 Å². The fraction of sp³-hybridized carbons (Fsp3) is 0.581. The van der Waals surface area contributed by atoms with Crippen LogP contribution in [0.25, 0.3) is 0 Å². The molecule has 2 aromatic rings. The Morgan fingerprint density at radius 3 is 1.98 bits per heavy atom. The predicted molar refractivity (Wildman–Crippen MR) is 151 cm³/mol. The first-order valence-electron chi connectivity index (χ1n) is 14.1. The summed E-state index contributed by atoms with van der Waals surface area (Å²) >= 11 is 0. The largest absolute Gasteiger partial charge is 0.481 e. The molecule has 1 aliphatic heterocycles. The molecule has 12 nitrogen and oxygen atoms in total. The van der Waals surface area contributed by atoms with E-state index in [2.05, 4.69) is 0 Å². The molecular weight excluding hydrogens is 564 g/mol. The molecule has 2 aliphatic rings. The van der Waals surface area contributed by atoms with Gasteiger partial charge in [0, 0.05) is 28.4 Å². The van der Waals surface area contributed by atoms with E-state index in [-0.39, 0.29) is 19.8 Å². The van der Waals surface area contributed by atoms with Crippen molar-refractivity contribution < 1.29 is 58.0 Å². The first-order valence-corrected chi connectivity index (χ1v) is 14.1. The Kier molecular flexibility index (Phi) is 12.0. The van der Waals surface area contributed by atoms with E-state index in [1.807, 2.05) is 60.7 Å². The lowest BCUT2D eigenvalue weighted by atomic mass is 9.97. The van der Waals surface area contributed by atoms with Crippen molar-refractivity contribution in [3.8, 4) is 0 Å². The fourth-order valence-electron chi connectivity index (χ4n) is 5.63. The number of aliphatic hydroxyl groups is 2. The summed E-state index contributed by atoms with van der Waals surface area (Å²) in [5.74, 6) is -4.01. The predicted octanol–water partition coefficient (Wildman–Crippen LogP) is 1.74. The third kappa shape index (κ3) is 7.97. The highest BCUT2D eigenvalue weighted by atomic mass is 16.7. The molecule has 1 saturated heterocycles. The smallest absolute Gasteiger partial charge is 0.306 e. The molecule has 1 aliphatic carbocycles. The van der Waals surface area contributed by atoms with Crippen molar-refractivity contribution in [3.05, 3.63) is 71.8 Å². The van der Waals surface area contributed by atoms with Crippen LogP contribution in [0.15, 0.2) is 60.7 Å². The van der Waals surface area contributed by atoms with Crippen LogP contribution >= 0.6 is 0 Å². The zero-order valence-corrected chi connectivity index (χ0v) is 24.8. The van der Waals surface area contributed by atoms with Crippen LogP contribution in [0.1, 0.15) is 17.5 Å². The lowest BCUT2D eigenvalue weighted by molar-refractivity contribution is -0.325. The van der Waals surface area contributed by atoms with Gasteiger partial charge < -0.3 is 53.2 Å². The second-order valence-corrected chi connectivity index (χ2v) is 10.6. The molecule has 4 rings (SSSR count).